The van der Waals surface area contributed by atoms with Crippen LogP contribution in [0.5, 0.6) is 0 Å². The third-order valence-electron chi connectivity index (χ3n) is 3.50. The van der Waals surface area contributed by atoms with E-state index in [1.165, 1.54) is 25.7 Å². The number of hydrogen-bond acceptors (Lipinski definition) is 2. The number of rotatable bonds is 4. The Kier molecular flexibility index (Phi) is 5.81. The van der Waals surface area contributed by atoms with Gasteiger partial charge in [-0.05, 0) is 32.1 Å². The van der Waals surface area contributed by atoms with E-state index in [1.807, 2.05) is 0 Å². The van der Waals surface area contributed by atoms with Crippen molar-refractivity contribution < 1.29 is 9.90 Å². The van der Waals surface area contributed by atoms with Gasteiger partial charge < -0.3 is 10.4 Å². The highest BCUT2D eigenvalue weighted by molar-refractivity contribution is 5.76. The van der Waals surface area contributed by atoms with Crippen molar-refractivity contribution in [3.05, 3.63) is 0 Å². The van der Waals surface area contributed by atoms with Crippen molar-refractivity contribution in [3.63, 3.8) is 0 Å². The van der Waals surface area contributed by atoms with Crippen LogP contribution in [0.25, 0.3) is 0 Å². The van der Waals surface area contributed by atoms with Crippen LogP contribution >= 0.6 is 0 Å². The monoisotopic (exact) mass is 227 g/mol. The molecule has 2 N–H and O–H groups in total. The number of hydrogen-bond donors (Lipinski definition) is 2. The standard InChI is InChI=1S/C13H25NO2/c1-10-6-4-3-5-7-12(10)14-13(16)9-8-11(2)15/h10-12,15H,3-9H2,1-2H3,(H,14,16). The molecule has 0 aliphatic heterocycles. The largest absolute Gasteiger partial charge is 0.393 e. The molecule has 0 aromatic carbocycles. The summed E-state index contributed by atoms with van der Waals surface area (Å²) in [6.45, 7) is 3.95. The SMILES string of the molecule is CC(O)CCC(=O)NC1CCCCCC1C. The molecule has 1 aliphatic rings. The molecule has 3 unspecified atom stereocenters. The van der Waals surface area contributed by atoms with Gasteiger partial charge in [-0.3, -0.25) is 4.79 Å². The molecule has 3 heteroatoms. The van der Waals surface area contributed by atoms with Crippen molar-refractivity contribution in [3.8, 4) is 0 Å². The van der Waals surface area contributed by atoms with Crippen LogP contribution < -0.4 is 5.32 Å². The summed E-state index contributed by atoms with van der Waals surface area (Å²) in [4.78, 5) is 11.7. The number of amides is 1. The third-order valence-corrected chi connectivity index (χ3v) is 3.50. The second-order valence-electron chi connectivity index (χ2n) is 5.18. The molecule has 3 atom stereocenters. The summed E-state index contributed by atoms with van der Waals surface area (Å²) in [6, 6.07) is 0.351. The van der Waals surface area contributed by atoms with Gasteiger partial charge in [-0.15, -0.1) is 0 Å². The molecule has 1 amide bonds. The number of nitrogens with one attached hydrogen (secondary N) is 1. The quantitative estimate of drug-likeness (QED) is 0.724. The van der Waals surface area contributed by atoms with Crippen LogP contribution in [-0.2, 0) is 4.79 Å². The lowest BCUT2D eigenvalue weighted by Crippen LogP contribution is -2.39. The Hall–Kier alpha value is -0.570. The van der Waals surface area contributed by atoms with Gasteiger partial charge >= 0.3 is 0 Å². The Morgan fingerprint density at radius 1 is 1.38 bits per heavy atom. The Balaban J connectivity index is 2.30. The summed E-state index contributed by atoms with van der Waals surface area (Å²) >= 11 is 0. The van der Waals surface area contributed by atoms with Crippen molar-refractivity contribution in [1.82, 2.24) is 5.32 Å². The minimum absolute atomic E-state index is 0.0969. The van der Waals surface area contributed by atoms with Gasteiger partial charge in [0.15, 0.2) is 0 Å². The molecule has 1 fully saturated rings. The fourth-order valence-corrected chi connectivity index (χ4v) is 2.33. The predicted molar refractivity (Wildman–Crippen MR) is 65.1 cm³/mol. The number of carbonyl (C=O) groups is 1. The molecule has 0 aromatic heterocycles. The van der Waals surface area contributed by atoms with E-state index in [0.29, 0.717) is 24.8 Å². The van der Waals surface area contributed by atoms with E-state index < -0.39 is 0 Å². The Morgan fingerprint density at radius 2 is 2.06 bits per heavy atom. The molecule has 0 saturated heterocycles. The highest BCUT2D eigenvalue weighted by Gasteiger charge is 2.21. The molecule has 1 saturated carbocycles. The zero-order chi connectivity index (χ0) is 12.0. The van der Waals surface area contributed by atoms with Crippen LogP contribution in [0.2, 0.25) is 0 Å². The molecular weight excluding hydrogens is 202 g/mol. The molecule has 16 heavy (non-hydrogen) atoms. The first-order chi connectivity index (χ1) is 7.59. The maximum absolute atomic E-state index is 11.7. The van der Waals surface area contributed by atoms with Gasteiger partial charge in [0, 0.05) is 12.5 Å². The topological polar surface area (TPSA) is 49.3 Å². The van der Waals surface area contributed by atoms with Crippen LogP contribution in [0.4, 0.5) is 0 Å². The highest BCUT2D eigenvalue weighted by Crippen LogP contribution is 2.23. The zero-order valence-corrected chi connectivity index (χ0v) is 10.5. The van der Waals surface area contributed by atoms with E-state index >= 15 is 0 Å². The van der Waals surface area contributed by atoms with Crippen LogP contribution in [-0.4, -0.2) is 23.2 Å². The minimum atomic E-state index is -0.377. The summed E-state index contributed by atoms with van der Waals surface area (Å²) in [6.07, 6.45) is 6.78. The molecule has 1 rings (SSSR count). The molecule has 94 valence electrons. The lowest BCUT2D eigenvalue weighted by Gasteiger charge is -2.22. The third kappa shape index (κ3) is 4.97. The molecule has 0 spiro atoms. The minimum Gasteiger partial charge on any atom is -0.393 e. The van der Waals surface area contributed by atoms with Gasteiger partial charge in [-0.1, -0.05) is 26.2 Å². The van der Waals surface area contributed by atoms with Gasteiger partial charge in [-0.2, -0.15) is 0 Å². The normalized spacial score (nSPS) is 28.2. The summed E-state index contributed by atoms with van der Waals surface area (Å²) < 4.78 is 0. The molecule has 1 aliphatic carbocycles. The van der Waals surface area contributed by atoms with Gasteiger partial charge in [0.25, 0.3) is 0 Å². The predicted octanol–water partition coefficient (Wildman–Crippen LogP) is 2.23. The van der Waals surface area contributed by atoms with Crippen LogP contribution in [0.3, 0.4) is 0 Å². The van der Waals surface area contributed by atoms with Crippen molar-refractivity contribution in [2.75, 3.05) is 0 Å². The van der Waals surface area contributed by atoms with Gasteiger partial charge in [-0.25, -0.2) is 0 Å². The molecule has 3 nitrogen and oxygen atoms in total. The fraction of sp³-hybridized carbons (Fsp3) is 0.923. The first-order valence-electron chi connectivity index (χ1n) is 6.57. The molecule has 0 heterocycles. The average Bonchev–Trinajstić information content (AvgIpc) is 2.42. The van der Waals surface area contributed by atoms with E-state index in [2.05, 4.69) is 12.2 Å². The summed E-state index contributed by atoms with van der Waals surface area (Å²) in [5.74, 6) is 0.692. The Bertz CT molecular complexity index is 216. The number of aliphatic hydroxyl groups is 1. The first-order valence-corrected chi connectivity index (χ1v) is 6.57. The fourth-order valence-electron chi connectivity index (χ4n) is 2.33. The van der Waals surface area contributed by atoms with E-state index in [0.717, 1.165) is 6.42 Å². The van der Waals surface area contributed by atoms with Crippen molar-refractivity contribution in [2.24, 2.45) is 5.92 Å². The summed E-state index contributed by atoms with van der Waals surface area (Å²) in [5.41, 5.74) is 0. The number of carbonyl (C=O) groups excluding carboxylic acids is 1. The van der Waals surface area contributed by atoms with Gasteiger partial charge in [0.2, 0.25) is 5.91 Å². The molecule has 0 radical (unpaired) electrons. The van der Waals surface area contributed by atoms with Crippen molar-refractivity contribution in [1.29, 1.82) is 0 Å². The molecule has 0 aromatic rings. The van der Waals surface area contributed by atoms with Crippen LogP contribution in [0.1, 0.15) is 58.8 Å². The highest BCUT2D eigenvalue weighted by atomic mass is 16.3. The van der Waals surface area contributed by atoms with Gasteiger partial charge in [0.05, 0.1) is 6.10 Å². The summed E-state index contributed by atoms with van der Waals surface area (Å²) in [7, 11) is 0. The van der Waals surface area contributed by atoms with Crippen LogP contribution in [0.15, 0.2) is 0 Å². The Labute approximate surface area is 98.6 Å². The lowest BCUT2D eigenvalue weighted by atomic mass is 9.97. The van der Waals surface area contributed by atoms with E-state index in [9.17, 15) is 4.79 Å². The second kappa shape index (κ2) is 6.89. The first kappa shape index (κ1) is 13.5. The van der Waals surface area contributed by atoms with Crippen LogP contribution in [0, 0.1) is 5.92 Å². The smallest absolute Gasteiger partial charge is 0.220 e. The van der Waals surface area contributed by atoms with Crippen molar-refractivity contribution >= 4 is 5.91 Å². The zero-order valence-electron chi connectivity index (χ0n) is 10.5. The van der Waals surface area contributed by atoms with E-state index in [-0.39, 0.29) is 12.0 Å². The molecule has 0 bridgehead atoms. The second-order valence-corrected chi connectivity index (χ2v) is 5.18. The maximum Gasteiger partial charge on any atom is 0.220 e. The average molecular weight is 227 g/mol. The van der Waals surface area contributed by atoms with E-state index in [1.54, 1.807) is 6.92 Å². The van der Waals surface area contributed by atoms with Gasteiger partial charge in [0.1, 0.15) is 0 Å². The maximum atomic E-state index is 11.7. The summed E-state index contributed by atoms with van der Waals surface area (Å²) in [5, 5.41) is 12.2. The molecular formula is C13H25NO2. The van der Waals surface area contributed by atoms with Crippen molar-refractivity contribution in [2.45, 2.75) is 70.9 Å². The van der Waals surface area contributed by atoms with E-state index in [4.69, 9.17) is 5.11 Å². The lowest BCUT2D eigenvalue weighted by molar-refractivity contribution is -0.122. The number of aliphatic hydroxyl groups excluding tert-OH is 1. The Morgan fingerprint density at radius 3 is 2.75 bits per heavy atom.